The number of aromatic nitrogens is 2. The van der Waals surface area contributed by atoms with Crippen molar-refractivity contribution in [2.75, 3.05) is 24.6 Å². The normalized spacial score (nSPS) is 22.7. The second-order valence-corrected chi connectivity index (χ2v) is 5.17. The summed E-state index contributed by atoms with van der Waals surface area (Å²) >= 11 is 0. The van der Waals surface area contributed by atoms with Crippen LogP contribution in [0.1, 0.15) is 25.3 Å². The maximum atomic E-state index is 12.4. The molecule has 0 bridgehead atoms. The van der Waals surface area contributed by atoms with Crippen LogP contribution < -0.4 is 10.5 Å². The van der Waals surface area contributed by atoms with Crippen molar-refractivity contribution in [3.8, 4) is 0 Å². The Morgan fingerprint density at radius 2 is 2.32 bits per heavy atom. The van der Waals surface area contributed by atoms with E-state index in [9.17, 15) is 4.79 Å². The quantitative estimate of drug-likeness (QED) is 0.751. The van der Waals surface area contributed by atoms with Crippen molar-refractivity contribution in [3.63, 3.8) is 0 Å². The van der Waals surface area contributed by atoms with Crippen LogP contribution in [0.5, 0.6) is 0 Å². The summed E-state index contributed by atoms with van der Waals surface area (Å²) in [6, 6.07) is 0.393. The van der Waals surface area contributed by atoms with Crippen molar-refractivity contribution in [1.82, 2.24) is 9.55 Å². The van der Waals surface area contributed by atoms with Crippen LogP contribution in [0.25, 0.3) is 0 Å². The Bertz CT molecular complexity index is 522. The largest absolute Gasteiger partial charge is 0.372 e. The molecular weight excluding hydrogens is 242 g/mol. The highest BCUT2D eigenvalue weighted by atomic mass is 16.5. The van der Waals surface area contributed by atoms with Crippen molar-refractivity contribution < 1.29 is 4.74 Å². The van der Waals surface area contributed by atoms with Crippen molar-refractivity contribution in [2.24, 2.45) is 0 Å². The fraction of sp³-hybridized carbons (Fsp3) is 0.571. The van der Waals surface area contributed by atoms with Crippen LogP contribution in [0.2, 0.25) is 0 Å². The number of rotatable bonds is 5. The molecule has 0 spiro atoms. The van der Waals surface area contributed by atoms with Crippen LogP contribution in [0.3, 0.4) is 0 Å². The zero-order valence-electron chi connectivity index (χ0n) is 11.0. The van der Waals surface area contributed by atoms with Crippen LogP contribution in [-0.4, -0.2) is 35.4 Å². The lowest BCUT2D eigenvalue weighted by Crippen LogP contribution is -2.32. The maximum absolute atomic E-state index is 12.4. The first-order chi connectivity index (χ1) is 9.29. The predicted octanol–water partition coefficient (Wildman–Crippen LogP) is 1.36. The Kier molecular flexibility index (Phi) is 3.38. The molecule has 1 aliphatic carbocycles. The van der Waals surface area contributed by atoms with Gasteiger partial charge in [-0.1, -0.05) is 6.08 Å². The molecule has 0 radical (unpaired) electrons. The minimum Gasteiger partial charge on any atom is -0.372 e. The van der Waals surface area contributed by atoms with Crippen molar-refractivity contribution in [2.45, 2.75) is 31.4 Å². The third kappa shape index (κ3) is 2.56. The monoisotopic (exact) mass is 261 g/mol. The summed E-state index contributed by atoms with van der Waals surface area (Å²) in [6.45, 7) is 5.78. The van der Waals surface area contributed by atoms with Gasteiger partial charge in [-0.3, -0.25) is 4.79 Å². The van der Waals surface area contributed by atoms with Crippen LogP contribution in [0.15, 0.2) is 29.8 Å². The number of anilines is 1. The minimum atomic E-state index is 0.0365. The van der Waals surface area contributed by atoms with E-state index in [0.717, 1.165) is 32.4 Å². The molecule has 5 heteroatoms. The van der Waals surface area contributed by atoms with Gasteiger partial charge in [-0.05, 0) is 19.3 Å². The molecule has 3 rings (SSSR count). The molecule has 2 heterocycles. The Morgan fingerprint density at radius 1 is 1.47 bits per heavy atom. The van der Waals surface area contributed by atoms with Crippen LogP contribution in [0.4, 0.5) is 5.82 Å². The van der Waals surface area contributed by atoms with Gasteiger partial charge in [0.05, 0.1) is 12.7 Å². The highest BCUT2D eigenvalue weighted by Gasteiger charge is 2.29. The number of hydrogen-bond acceptors (Lipinski definition) is 4. The van der Waals surface area contributed by atoms with E-state index in [2.05, 4.69) is 11.6 Å². The van der Waals surface area contributed by atoms with Gasteiger partial charge >= 0.3 is 0 Å². The van der Waals surface area contributed by atoms with E-state index in [1.807, 2.05) is 9.47 Å². The molecule has 1 aromatic rings. The zero-order chi connectivity index (χ0) is 13.2. The second kappa shape index (κ2) is 5.17. The number of nitrogens with zero attached hydrogens (tertiary/aromatic N) is 3. The molecule has 102 valence electrons. The van der Waals surface area contributed by atoms with Gasteiger partial charge in [-0.15, -0.1) is 6.58 Å². The highest BCUT2D eigenvalue weighted by Crippen LogP contribution is 2.33. The maximum Gasteiger partial charge on any atom is 0.293 e. The average molecular weight is 261 g/mol. The third-order valence-electron chi connectivity index (χ3n) is 3.68. The van der Waals surface area contributed by atoms with Gasteiger partial charge in [0.25, 0.3) is 5.56 Å². The first kappa shape index (κ1) is 12.4. The summed E-state index contributed by atoms with van der Waals surface area (Å²) in [5.74, 6) is 0.569. The van der Waals surface area contributed by atoms with Crippen LogP contribution in [0, 0.1) is 0 Å². The van der Waals surface area contributed by atoms with Gasteiger partial charge in [0.2, 0.25) is 0 Å². The average Bonchev–Trinajstić information content (AvgIpc) is 3.15. The Balaban J connectivity index is 1.74. The molecule has 0 aromatic carbocycles. The molecule has 1 saturated carbocycles. The van der Waals surface area contributed by atoms with Gasteiger partial charge in [0, 0.05) is 31.5 Å². The summed E-state index contributed by atoms with van der Waals surface area (Å²) in [4.78, 5) is 18.7. The van der Waals surface area contributed by atoms with E-state index >= 15 is 0 Å². The van der Waals surface area contributed by atoms with Crippen molar-refractivity contribution in [1.29, 1.82) is 0 Å². The summed E-state index contributed by atoms with van der Waals surface area (Å²) < 4.78 is 7.46. The van der Waals surface area contributed by atoms with Crippen molar-refractivity contribution >= 4 is 5.82 Å². The Hall–Kier alpha value is -1.62. The van der Waals surface area contributed by atoms with E-state index in [1.54, 1.807) is 18.5 Å². The zero-order valence-corrected chi connectivity index (χ0v) is 11.0. The third-order valence-corrected chi connectivity index (χ3v) is 3.68. The van der Waals surface area contributed by atoms with Gasteiger partial charge in [-0.2, -0.15) is 0 Å². The summed E-state index contributed by atoms with van der Waals surface area (Å²) in [5, 5.41) is 0. The fourth-order valence-corrected chi connectivity index (χ4v) is 2.53. The molecule has 0 N–H and O–H groups in total. The van der Waals surface area contributed by atoms with E-state index in [1.165, 1.54) is 0 Å². The summed E-state index contributed by atoms with van der Waals surface area (Å²) in [5.41, 5.74) is 0.0365. The molecule has 1 atom stereocenters. The number of ether oxygens (including phenoxy) is 1. The first-order valence-corrected chi connectivity index (χ1v) is 6.84. The van der Waals surface area contributed by atoms with Gasteiger partial charge < -0.3 is 14.2 Å². The molecule has 0 amide bonds. The summed E-state index contributed by atoms with van der Waals surface area (Å²) in [7, 11) is 0. The molecule has 1 saturated heterocycles. The number of hydrogen-bond donors (Lipinski definition) is 0. The molecular formula is C14H19N3O2. The fourth-order valence-electron chi connectivity index (χ4n) is 2.53. The SMILES string of the molecule is C=CCOC1CCN(c2nccn(C3CC3)c2=O)C1. The Morgan fingerprint density at radius 3 is 3.05 bits per heavy atom. The molecule has 1 aromatic heterocycles. The van der Waals surface area contributed by atoms with E-state index < -0.39 is 0 Å². The van der Waals surface area contributed by atoms with E-state index in [-0.39, 0.29) is 11.7 Å². The molecule has 2 fully saturated rings. The van der Waals surface area contributed by atoms with E-state index in [0.29, 0.717) is 18.5 Å². The molecule has 2 aliphatic rings. The second-order valence-electron chi connectivity index (χ2n) is 5.17. The predicted molar refractivity (Wildman–Crippen MR) is 73.5 cm³/mol. The lowest BCUT2D eigenvalue weighted by molar-refractivity contribution is 0.0908. The lowest BCUT2D eigenvalue weighted by Gasteiger charge is -2.17. The molecule has 1 aliphatic heterocycles. The minimum absolute atomic E-state index is 0.0365. The topological polar surface area (TPSA) is 47.4 Å². The smallest absolute Gasteiger partial charge is 0.293 e. The van der Waals surface area contributed by atoms with E-state index in [4.69, 9.17) is 4.74 Å². The van der Waals surface area contributed by atoms with Gasteiger partial charge in [-0.25, -0.2) is 4.98 Å². The van der Waals surface area contributed by atoms with Crippen LogP contribution >= 0.6 is 0 Å². The van der Waals surface area contributed by atoms with Crippen LogP contribution in [-0.2, 0) is 4.74 Å². The molecule has 1 unspecified atom stereocenters. The summed E-state index contributed by atoms with van der Waals surface area (Å²) in [6.07, 6.45) is 8.60. The van der Waals surface area contributed by atoms with Crippen molar-refractivity contribution in [3.05, 3.63) is 35.4 Å². The van der Waals surface area contributed by atoms with Gasteiger partial charge in [0.15, 0.2) is 5.82 Å². The van der Waals surface area contributed by atoms with Gasteiger partial charge in [0.1, 0.15) is 0 Å². The Labute approximate surface area is 112 Å². The molecule has 19 heavy (non-hydrogen) atoms. The first-order valence-electron chi connectivity index (χ1n) is 6.84. The highest BCUT2D eigenvalue weighted by molar-refractivity contribution is 5.37. The lowest BCUT2D eigenvalue weighted by atomic mass is 10.3. The molecule has 5 nitrogen and oxygen atoms in total. The standard InChI is InChI=1S/C14H19N3O2/c1-2-9-19-12-5-7-16(10-12)13-14(18)17(8-6-15-13)11-3-4-11/h2,6,8,11-12H,1,3-5,7,9-10H2.